The first kappa shape index (κ1) is 24.2. The van der Waals surface area contributed by atoms with Crippen LogP contribution in [-0.2, 0) is 11.3 Å². The van der Waals surface area contributed by atoms with Gasteiger partial charge in [-0.1, -0.05) is 0 Å². The molecular formula is C29H34N8O2. The van der Waals surface area contributed by atoms with Crippen molar-refractivity contribution in [2.75, 3.05) is 31.1 Å². The number of benzene rings is 2. The zero-order valence-electron chi connectivity index (χ0n) is 22.0. The van der Waals surface area contributed by atoms with Gasteiger partial charge in [0, 0.05) is 48.2 Å². The van der Waals surface area contributed by atoms with Crippen molar-refractivity contribution in [1.29, 1.82) is 0 Å². The monoisotopic (exact) mass is 526 g/mol. The molecule has 0 spiro atoms. The number of nitrogens with zero attached hydrogens (tertiary/aromatic N) is 5. The fourth-order valence-corrected chi connectivity index (χ4v) is 5.35. The minimum Gasteiger partial charge on any atom is -0.490 e. The van der Waals surface area contributed by atoms with Gasteiger partial charge in [-0.25, -0.2) is 0 Å². The number of hydrogen-bond donors (Lipinski definition) is 3. The molecule has 0 radical (unpaired) electrons. The summed E-state index contributed by atoms with van der Waals surface area (Å²) in [5.74, 6) is 0.982. The van der Waals surface area contributed by atoms with Crippen LogP contribution in [0.4, 0.5) is 5.69 Å². The molecule has 3 aromatic heterocycles. The number of anilines is 1. The van der Waals surface area contributed by atoms with Crippen LogP contribution in [0.25, 0.3) is 27.5 Å². The van der Waals surface area contributed by atoms with Crippen LogP contribution in [0, 0.1) is 0 Å². The third-order valence-electron chi connectivity index (χ3n) is 7.85. The Morgan fingerprint density at radius 1 is 0.974 bits per heavy atom. The van der Waals surface area contributed by atoms with Crippen molar-refractivity contribution in [3.05, 3.63) is 60.9 Å². The smallest absolute Gasteiger partial charge is 0.123 e. The summed E-state index contributed by atoms with van der Waals surface area (Å²) in [5.41, 5.74) is 5.54. The number of aromatic nitrogens is 6. The Labute approximate surface area is 226 Å². The second kappa shape index (κ2) is 10.7. The largest absolute Gasteiger partial charge is 0.490 e. The average molecular weight is 527 g/mol. The van der Waals surface area contributed by atoms with Crippen molar-refractivity contribution in [3.63, 3.8) is 0 Å². The van der Waals surface area contributed by atoms with E-state index < -0.39 is 0 Å². The average Bonchev–Trinajstić information content (AvgIpc) is 3.66. The molecule has 0 bridgehead atoms. The van der Waals surface area contributed by atoms with E-state index in [1.54, 1.807) is 12.7 Å². The van der Waals surface area contributed by atoms with Crippen LogP contribution in [0.2, 0.25) is 0 Å². The van der Waals surface area contributed by atoms with Crippen molar-refractivity contribution < 1.29 is 9.47 Å². The lowest BCUT2D eigenvalue weighted by atomic mass is 9.96. The molecule has 1 aliphatic heterocycles. The normalized spacial score (nSPS) is 16.2. The minimum atomic E-state index is 0.267. The molecule has 0 amide bonds. The number of fused-ring (bicyclic) bond motifs is 2. The topological polar surface area (TPSA) is 109 Å². The first-order valence-electron chi connectivity index (χ1n) is 14.0. The summed E-state index contributed by atoms with van der Waals surface area (Å²) >= 11 is 0. The van der Waals surface area contributed by atoms with Gasteiger partial charge >= 0.3 is 0 Å². The predicted molar refractivity (Wildman–Crippen MR) is 150 cm³/mol. The van der Waals surface area contributed by atoms with Crippen LogP contribution >= 0.6 is 0 Å². The molecule has 1 saturated heterocycles. The van der Waals surface area contributed by atoms with Crippen molar-refractivity contribution in [1.82, 2.24) is 35.3 Å². The van der Waals surface area contributed by atoms with Crippen molar-refractivity contribution in [3.8, 4) is 11.4 Å². The van der Waals surface area contributed by atoms with Crippen molar-refractivity contribution in [2.45, 2.75) is 50.9 Å². The fraction of sp³-hybridized carbons (Fsp3) is 0.414. The Balaban J connectivity index is 0.822. The quantitative estimate of drug-likeness (QED) is 0.208. The van der Waals surface area contributed by atoms with Gasteiger partial charge in [0.05, 0.1) is 35.3 Å². The molecule has 2 aromatic carbocycles. The van der Waals surface area contributed by atoms with E-state index in [-0.39, 0.29) is 6.10 Å². The maximum atomic E-state index is 6.15. The summed E-state index contributed by atoms with van der Waals surface area (Å²) in [6.07, 6.45) is 11.8. The Morgan fingerprint density at radius 2 is 1.87 bits per heavy atom. The van der Waals surface area contributed by atoms with Crippen LogP contribution in [0.15, 0.2) is 55.2 Å². The second-order valence-corrected chi connectivity index (χ2v) is 10.7. The van der Waals surface area contributed by atoms with Gasteiger partial charge in [0.25, 0.3) is 0 Å². The van der Waals surface area contributed by atoms with Gasteiger partial charge in [-0.15, -0.1) is 10.2 Å². The van der Waals surface area contributed by atoms with E-state index in [0.717, 1.165) is 79.2 Å². The number of nitrogens with one attached hydrogen (secondary N) is 3. The maximum Gasteiger partial charge on any atom is 0.123 e. The zero-order chi connectivity index (χ0) is 26.0. The third-order valence-corrected chi connectivity index (χ3v) is 7.85. The molecule has 2 fully saturated rings. The molecule has 10 heteroatoms. The summed E-state index contributed by atoms with van der Waals surface area (Å²) in [4.78, 5) is 5.86. The molecule has 0 unspecified atom stereocenters. The Morgan fingerprint density at radius 3 is 2.72 bits per heavy atom. The van der Waals surface area contributed by atoms with Crippen LogP contribution < -0.4 is 15.0 Å². The molecule has 39 heavy (non-hydrogen) atoms. The molecule has 1 saturated carbocycles. The standard InChI is InChI=1S/C29H34N8O2/c1(8-30-14-21-10-20-11-24(6-7-27(20)34-21)39-23-4-3-5-23)2-9-38-25-16-36(17-25)29-13-22(37-18-32-33-19-37)12-28-26(29)15-31-35-28/h6-7,10-13,15,18-19,23,25,30,34H,1-5,8-9,14,16-17H2,(H,31,35). The lowest BCUT2D eigenvalue weighted by Gasteiger charge is -2.41. The number of rotatable bonds is 12. The molecule has 4 heterocycles. The second-order valence-electron chi connectivity index (χ2n) is 10.7. The summed E-state index contributed by atoms with van der Waals surface area (Å²) < 4.78 is 14.1. The lowest BCUT2D eigenvalue weighted by Crippen LogP contribution is -2.52. The van der Waals surface area contributed by atoms with Crippen molar-refractivity contribution in [2.24, 2.45) is 0 Å². The molecule has 2 aliphatic rings. The highest BCUT2D eigenvalue weighted by atomic mass is 16.5. The minimum absolute atomic E-state index is 0.267. The molecule has 5 aromatic rings. The molecule has 10 nitrogen and oxygen atoms in total. The Bertz CT molecular complexity index is 1530. The van der Waals surface area contributed by atoms with Crippen molar-refractivity contribution >= 4 is 27.5 Å². The number of ether oxygens (including phenoxy) is 2. The van der Waals surface area contributed by atoms with Gasteiger partial charge in [-0.3, -0.25) is 9.67 Å². The summed E-state index contributed by atoms with van der Waals surface area (Å²) in [5, 5.41) is 21.1. The van der Waals surface area contributed by atoms with E-state index in [1.165, 1.54) is 30.3 Å². The van der Waals surface area contributed by atoms with E-state index in [4.69, 9.17) is 9.47 Å². The van der Waals surface area contributed by atoms with Crippen LogP contribution in [0.3, 0.4) is 0 Å². The highest BCUT2D eigenvalue weighted by molar-refractivity contribution is 5.94. The first-order chi connectivity index (χ1) is 19.3. The SMILES string of the molecule is c1cc2[nH]c(CNCCCCOC3CN(c4cc(-n5cnnc5)cc5[nH]ncc45)C3)cc2cc1OC1CCC1. The predicted octanol–water partition coefficient (Wildman–Crippen LogP) is 4.33. The first-order valence-corrected chi connectivity index (χ1v) is 14.0. The summed E-state index contributed by atoms with van der Waals surface area (Å²) in [6.45, 7) is 4.37. The highest BCUT2D eigenvalue weighted by Gasteiger charge is 2.29. The van der Waals surface area contributed by atoms with E-state index >= 15 is 0 Å². The Hall–Kier alpha value is -3.89. The van der Waals surface area contributed by atoms with Gasteiger partial charge in [-0.2, -0.15) is 5.10 Å². The number of H-pyrrole nitrogens is 2. The maximum absolute atomic E-state index is 6.15. The van der Waals surface area contributed by atoms with Gasteiger partial charge in [0.15, 0.2) is 0 Å². The Kier molecular flexibility index (Phi) is 6.63. The van der Waals surface area contributed by atoms with E-state index in [2.05, 4.69) is 72.0 Å². The van der Waals surface area contributed by atoms with Crippen LogP contribution in [0.5, 0.6) is 5.75 Å². The number of aromatic amines is 2. The zero-order valence-corrected chi connectivity index (χ0v) is 22.0. The third kappa shape index (κ3) is 5.22. The molecular weight excluding hydrogens is 492 g/mol. The molecule has 3 N–H and O–H groups in total. The fourth-order valence-electron chi connectivity index (χ4n) is 5.35. The van der Waals surface area contributed by atoms with Gasteiger partial charge in [0.1, 0.15) is 18.4 Å². The summed E-state index contributed by atoms with van der Waals surface area (Å²) in [6, 6.07) is 12.8. The lowest BCUT2D eigenvalue weighted by molar-refractivity contribution is 0.0324. The molecule has 7 rings (SSSR count). The summed E-state index contributed by atoms with van der Waals surface area (Å²) in [7, 11) is 0. The molecule has 202 valence electrons. The number of hydrogen-bond acceptors (Lipinski definition) is 7. The van der Waals surface area contributed by atoms with Gasteiger partial charge in [-0.05, 0) is 75.0 Å². The van der Waals surface area contributed by atoms with E-state index in [0.29, 0.717) is 6.10 Å². The van der Waals surface area contributed by atoms with Crippen LogP contribution in [0.1, 0.15) is 37.8 Å². The van der Waals surface area contributed by atoms with E-state index in [1.807, 2.05) is 10.8 Å². The van der Waals surface area contributed by atoms with Gasteiger partial charge in [0.2, 0.25) is 0 Å². The molecule has 0 atom stereocenters. The van der Waals surface area contributed by atoms with Crippen LogP contribution in [-0.4, -0.2) is 68.4 Å². The van der Waals surface area contributed by atoms with Gasteiger partial charge < -0.3 is 24.7 Å². The highest BCUT2D eigenvalue weighted by Crippen LogP contribution is 2.32. The van der Waals surface area contributed by atoms with E-state index in [9.17, 15) is 0 Å². The molecule has 1 aliphatic carbocycles. The number of unbranched alkanes of at least 4 members (excludes halogenated alkanes) is 1.